The van der Waals surface area contributed by atoms with E-state index >= 15 is 0 Å². The third-order valence-corrected chi connectivity index (χ3v) is 5.67. The summed E-state index contributed by atoms with van der Waals surface area (Å²) in [6, 6.07) is 22.9. The Kier molecular flexibility index (Phi) is 5.22. The number of hydrogen-bond donors (Lipinski definition) is 1. The van der Waals surface area contributed by atoms with Crippen LogP contribution in [0.4, 0.5) is 0 Å². The van der Waals surface area contributed by atoms with Gasteiger partial charge in [-0.15, -0.1) is 0 Å². The molecule has 27 heavy (non-hydrogen) atoms. The van der Waals surface area contributed by atoms with Crippen LogP contribution in [0.25, 0.3) is 22.9 Å². The lowest BCUT2D eigenvalue weighted by Crippen LogP contribution is -2.29. The highest BCUT2D eigenvalue weighted by atomic mass is 14.9. The van der Waals surface area contributed by atoms with Gasteiger partial charge in [-0.2, -0.15) is 0 Å². The number of benzene rings is 3. The van der Waals surface area contributed by atoms with E-state index in [9.17, 15) is 0 Å². The van der Waals surface area contributed by atoms with E-state index in [-0.39, 0.29) is 0 Å². The second-order valence-corrected chi connectivity index (χ2v) is 7.38. The Morgan fingerprint density at radius 3 is 2.48 bits per heavy atom. The SMILES string of the molecule is C=Cc1cc(C(c2ccc3ccccc3c2)C2CCCN2)ccc1/C=C\C. The van der Waals surface area contributed by atoms with Crippen LogP contribution in [0.2, 0.25) is 0 Å². The number of fused-ring (bicyclic) bond motifs is 1. The standard InChI is InChI=1S/C26H27N/c1-3-8-20-12-14-23(17-19(20)4-2)26(25-11-7-16-27-25)24-15-13-21-9-5-6-10-22(21)18-24/h3-6,8-10,12-15,17-18,25-27H,2,7,11,16H2,1H3/b8-3-. The second kappa shape index (κ2) is 7.94. The Morgan fingerprint density at radius 1 is 0.963 bits per heavy atom. The monoisotopic (exact) mass is 353 g/mol. The summed E-state index contributed by atoms with van der Waals surface area (Å²) >= 11 is 0. The fraction of sp³-hybridized carbons (Fsp3) is 0.231. The maximum absolute atomic E-state index is 4.04. The molecule has 1 nitrogen and oxygen atoms in total. The van der Waals surface area contributed by atoms with Crippen molar-refractivity contribution in [3.8, 4) is 0 Å². The Hall–Kier alpha value is -2.64. The van der Waals surface area contributed by atoms with Gasteiger partial charge in [0, 0.05) is 12.0 Å². The Morgan fingerprint density at radius 2 is 1.74 bits per heavy atom. The summed E-state index contributed by atoms with van der Waals surface area (Å²) in [7, 11) is 0. The highest BCUT2D eigenvalue weighted by Gasteiger charge is 2.28. The minimum Gasteiger partial charge on any atom is -0.313 e. The van der Waals surface area contributed by atoms with Crippen LogP contribution < -0.4 is 5.32 Å². The van der Waals surface area contributed by atoms with Gasteiger partial charge in [0.15, 0.2) is 0 Å². The molecule has 4 rings (SSSR count). The summed E-state index contributed by atoms with van der Waals surface area (Å²) in [5.74, 6) is 0.357. The molecule has 1 heterocycles. The van der Waals surface area contributed by atoms with Crippen molar-refractivity contribution in [2.75, 3.05) is 6.54 Å². The first-order chi connectivity index (χ1) is 13.3. The molecule has 0 spiro atoms. The summed E-state index contributed by atoms with van der Waals surface area (Å²) in [6.07, 6.45) is 8.68. The predicted molar refractivity (Wildman–Crippen MR) is 118 cm³/mol. The third-order valence-electron chi connectivity index (χ3n) is 5.67. The molecular weight excluding hydrogens is 326 g/mol. The first kappa shape index (κ1) is 17.8. The Bertz CT molecular complexity index is 976. The molecule has 0 radical (unpaired) electrons. The molecule has 1 N–H and O–H groups in total. The molecular formula is C26H27N. The average molecular weight is 354 g/mol. The van der Waals surface area contributed by atoms with E-state index in [0.717, 1.165) is 6.54 Å². The molecule has 136 valence electrons. The van der Waals surface area contributed by atoms with Crippen LogP contribution in [-0.4, -0.2) is 12.6 Å². The third kappa shape index (κ3) is 3.61. The van der Waals surface area contributed by atoms with Crippen molar-refractivity contribution in [2.24, 2.45) is 0 Å². The van der Waals surface area contributed by atoms with Gasteiger partial charge in [0.1, 0.15) is 0 Å². The zero-order valence-electron chi connectivity index (χ0n) is 16.0. The van der Waals surface area contributed by atoms with Crippen molar-refractivity contribution >= 4 is 22.9 Å². The fourth-order valence-electron chi connectivity index (χ4n) is 4.35. The molecule has 0 aliphatic carbocycles. The molecule has 2 unspecified atom stereocenters. The van der Waals surface area contributed by atoms with Gasteiger partial charge in [-0.25, -0.2) is 0 Å². The number of nitrogens with one attached hydrogen (secondary N) is 1. The van der Waals surface area contributed by atoms with E-state index in [1.54, 1.807) is 0 Å². The molecule has 3 aromatic carbocycles. The maximum atomic E-state index is 4.04. The first-order valence-corrected chi connectivity index (χ1v) is 9.91. The van der Waals surface area contributed by atoms with Gasteiger partial charge in [0.25, 0.3) is 0 Å². The Labute approximate surface area is 162 Å². The molecule has 1 fully saturated rings. The molecule has 0 aromatic heterocycles. The van der Waals surface area contributed by atoms with E-state index in [0.29, 0.717) is 12.0 Å². The quantitative estimate of drug-likeness (QED) is 0.559. The molecule has 0 amide bonds. The summed E-state index contributed by atoms with van der Waals surface area (Å²) in [5, 5.41) is 6.35. The van der Waals surface area contributed by atoms with E-state index in [2.05, 4.69) is 91.6 Å². The van der Waals surface area contributed by atoms with Crippen molar-refractivity contribution in [3.63, 3.8) is 0 Å². The lowest BCUT2D eigenvalue weighted by atomic mass is 9.82. The fourth-order valence-corrected chi connectivity index (χ4v) is 4.35. The first-order valence-electron chi connectivity index (χ1n) is 9.91. The van der Waals surface area contributed by atoms with Gasteiger partial charge in [-0.05, 0) is 59.3 Å². The Balaban J connectivity index is 1.82. The molecule has 3 aromatic rings. The van der Waals surface area contributed by atoms with Gasteiger partial charge >= 0.3 is 0 Å². The highest BCUT2D eigenvalue weighted by Crippen LogP contribution is 2.35. The largest absolute Gasteiger partial charge is 0.313 e. The molecule has 0 bridgehead atoms. The summed E-state index contributed by atoms with van der Waals surface area (Å²) < 4.78 is 0. The lowest BCUT2D eigenvalue weighted by molar-refractivity contribution is 0.541. The van der Waals surface area contributed by atoms with E-state index in [1.807, 2.05) is 6.08 Å². The van der Waals surface area contributed by atoms with Gasteiger partial charge < -0.3 is 5.32 Å². The zero-order valence-corrected chi connectivity index (χ0v) is 16.0. The topological polar surface area (TPSA) is 12.0 Å². The second-order valence-electron chi connectivity index (χ2n) is 7.38. The normalized spacial score (nSPS) is 18.2. The van der Waals surface area contributed by atoms with Gasteiger partial charge in [0.05, 0.1) is 0 Å². The van der Waals surface area contributed by atoms with Crippen molar-refractivity contribution in [1.82, 2.24) is 5.32 Å². The smallest absolute Gasteiger partial charge is 0.0243 e. The van der Waals surface area contributed by atoms with E-state index in [4.69, 9.17) is 0 Å². The van der Waals surface area contributed by atoms with Gasteiger partial charge in [-0.3, -0.25) is 0 Å². The molecule has 0 saturated carbocycles. The van der Waals surface area contributed by atoms with Crippen LogP contribution in [0.5, 0.6) is 0 Å². The number of hydrogen-bond acceptors (Lipinski definition) is 1. The molecule has 1 aliphatic heterocycles. The van der Waals surface area contributed by atoms with Crippen LogP contribution >= 0.6 is 0 Å². The molecule has 1 heteroatoms. The van der Waals surface area contributed by atoms with Crippen LogP contribution in [0.1, 0.15) is 47.9 Å². The number of rotatable bonds is 5. The summed E-state index contributed by atoms with van der Waals surface area (Å²) in [6.45, 7) is 7.20. The van der Waals surface area contributed by atoms with E-state index < -0.39 is 0 Å². The molecule has 1 saturated heterocycles. The predicted octanol–water partition coefficient (Wildman–Crippen LogP) is 6.40. The van der Waals surface area contributed by atoms with Crippen molar-refractivity contribution in [3.05, 3.63) is 95.6 Å². The van der Waals surface area contributed by atoms with Crippen molar-refractivity contribution in [1.29, 1.82) is 0 Å². The minimum atomic E-state index is 0.357. The highest BCUT2D eigenvalue weighted by molar-refractivity contribution is 5.83. The molecule has 2 atom stereocenters. The van der Waals surface area contributed by atoms with Gasteiger partial charge in [0.2, 0.25) is 0 Å². The van der Waals surface area contributed by atoms with Crippen LogP contribution in [0.15, 0.2) is 73.3 Å². The summed E-state index contributed by atoms with van der Waals surface area (Å²) in [4.78, 5) is 0. The van der Waals surface area contributed by atoms with Crippen molar-refractivity contribution < 1.29 is 0 Å². The lowest BCUT2D eigenvalue weighted by Gasteiger charge is -2.26. The van der Waals surface area contributed by atoms with E-state index in [1.165, 1.54) is 45.9 Å². The molecule has 1 aliphatic rings. The maximum Gasteiger partial charge on any atom is 0.0243 e. The van der Waals surface area contributed by atoms with Crippen LogP contribution in [0.3, 0.4) is 0 Å². The van der Waals surface area contributed by atoms with Crippen LogP contribution in [0, 0.1) is 0 Å². The zero-order chi connectivity index (χ0) is 18.6. The minimum absolute atomic E-state index is 0.357. The van der Waals surface area contributed by atoms with Crippen molar-refractivity contribution in [2.45, 2.75) is 31.7 Å². The number of allylic oxidation sites excluding steroid dienone is 1. The average Bonchev–Trinajstić information content (AvgIpc) is 3.23. The van der Waals surface area contributed by atoms with Crippen LogP contribution in [-0.2, 0) is 0 Å². The summed E-state index contributed by atoms with van der Waals surface area (Å²) in [5.41, 5.74) is 5.19. The van der Waals surface area contributed by atoms with Gasteiger partial charge in [-0.1, -0.05) is 85.5 Å².